The van der Waals surface area contributed by atoms with Crippen molar-refractivity contribution in [1.29, 1.82) is 0 Å². The highest BCUT2D eigenvalue weighted by atomic mass is 16.4. The van der Waals surface area contributed by atoms with Gasteiger partial charge in [-0.3, -0.25) is 10.4 Å². The Bertz CT molecular complexity index is 697. The van der Waals surface area contributed by atoms with E-state index in [2.05, 4.69) is 15.5 Å². The fraction of sp³-hybridized carbons (Fsp3) is 0.278. The number of carboxylic acid groups (broad SMARTS) is 1. The van der Waals surface area contributed by atoms with E-state index in [1.54, 1.807) is 6.20 Å². The molecule has 0 unspecified atom stereocenters. The lowest BCUT2D eigenvalue weighted by molar-refractivity contribution is -0.305. The van der Waals surface area contributed by atoms with Gasteiger partial charge < -0.3 is 9.90 Å². The molecule has 0 bridgehead atoms. The number of carboxylic acids is 1. The van der Waals surface area contributed by atoms with E-state index in [0.29, 0.717) is 12.8 Å². The second-order valence-electron chi connectivity index (χ2n) is 5.43. The summed E-state index contributed by atoms with van der Waals surface area (Å²) in [4.78, 5) is 14.9. The number of aryl methyl sites for hydroxylation is 2. The highest BCUT2D eigenvalue weighted by Crippen LogP contribution is 2.17. The number of rotatable bonds is 7. The average molecular weight is 310 g/mol. The van der Waals surface area contributed by atoms with Gasteiger partial charge in [0.1, 0.15) is 0 Å². The number of pyridine rings is 1. The number of hydrazone groups is 1. The summed E-state index contributed by atoms with van der Waals surface area (Å²) in [5.41, 5.74) is 7.71. The van der Waals surface area contributed by atoms with Crippen LogP contribution in [0.4, 0.5) is 5.69 Å². The summed E-state index contributed by atoms with van der Waals surface area (Å²) in [5, 5.41) is 15.1. The van der Waals surface area contributed by atoms with Crippen molar-refractivity contribution in [3.8, 4) is 0 Å². The molecule has 0 aliphatic rings. The molecule has 1 heterocycles. The highest BCUT2D eigenvalue weighted by Gasteiger charge is 2.06. The molecule has 2 rings (SSSR count). The molecule has 0 aliphatic carbocycles. The number of carbonyl (C=O) groups excluding carboxylic acids is 1. The first-order valence-corrected chi connectivity index (χ1v) is 7.57. The van der Waals surface area contributed by atoms with Gasteiger partial charge in [-0.25, -0.2) is 0 Å². The van der Waals surface area contributed by atoms with Crippen molar-refractivity contribution >= 4 is 17.4 Å². The van der Waals surface area contributed by atoms with Crippen molar-refractivity contribution < 1.29 is 9.90 Å². The fourth-order valence-corrected chi connectivity index (χ4v) is 2.16. The zero-order valence-electron chi connectivity index (χ0n) is 13.4. The van der Waals surface area contributed by atoms with Crippen LogP contribution in [0, 0.1) is 13.8 Å². The van der Waals surface area contributed by atoms with Crippen LogP contribution in [0.2, 0.25) is 0 Å². The van der Waals surface area contributed by atoms with E-state index in [1.807, 2.05) is 50.2 Å². The summed E-state index contributed by atoms with van der Waals surface area (Å²) >= 11 is 0. The molecule has 1 aromatic heterocycles. The minimum absolute atomic E-state index is 0.00925. The normalized spacial score (nSPS) is 11.3. The molecule has 1 aromatic carbocycles. The van der Waals surface area contributed by atoms with Crippen LogP contribution in [0.15, 0.2) is 47.7 Å². The Morgan fingerprint density at radius 2 is 2.04 bits per heavy atom. The third-order valence-electron chi connectivity index (χ3n) is 3.46. The van der Waals surface area contributed by atoms with E-state index in [-0.39, 0.29) is 6.42 Å². The van der Waals surface area contributed by atoms with Crippen molar-refractivity contribution in [3.63, 3.8) is 0 Å². The molecule has 2 aromatic rings. The molecular formula is C18H20N3O2-. The van der Waals surface area contributed by atoms with Crippen LogP contribution in [-0.4, -0.2) is 16.7 Å². The van der Waals surface area contributed by atoms with Gasteiger partial charge in [0.15, 0.2) is 0 Å². The van der Waals surface area contributed by atoms with Crippen LogP contribution in [0.3, 0.4) is 0 Å². The Balaban J connectivity index is 2.18. The van der Waals surface area contributed by atoms with Gasteiger partial charge in [0.2, 0.25) is 0 Å². The Morgan fingerprint density at radius 1 is 1.22 bits per heavy atom. The Hall–Kier alpha value is -2.69. The number of nitrogens with one attached hydrogen (secondary N) is 1. The molecule has 0 fully saturated rings. The first-order chi connectivity index (χ1) is 11.1. The van der Waals surface area contributed by atoms with Gasteiger partial charge in [-0.05, 0) is 62.4 Å². The highest BCUT2D eigenvalue weighted by molar-refractivity contribution is 5.99. The lowest BCUT2D eigenvalue weighted by Gasteiger charge is -2.10. The maximum Gasteiger partial charge on any atom is 0.0863 e. The van der Waals surface area contributed by atoms with E-state index in [1.165, 1.54) is 0 Å². The second-order valence-corrected chi connectivity index (χ2v) is 5.43. The summed E-state index contributed by atoms with van der Waals surface area (Å²) in [7, 11) is 0. The first-order valence-electron chi connectivity index (χ1n) is 7.57. The summed E-state index contributed by atoms with van der Waals surface area (Å²) < 4.78 is 0. The molecule has 5 nitrogen and oxygen atoms in total. The largest absolute Gasteiger partial charge is 0.550 e. The van der Waals surface area contributed by atoms with Crippen molar-refractivity contribution in [2.45, 2.75) is 33.1 Å². The number of aliphatic carboxylic acids is 1. The first kappa shape index (κ1) is 16.7. The predicted octanol–water partition coefficient (Wildman–Crippen LogP) is 2.43. The molecule has 0 amide bonds. The van der Waals surface area contributed by atoms with E-state index in [9.17, 15) is 9.90 Å². The number of anilines is 1. The Kier molecular flexibility index (Phi) is 5.86. The molecule has 0 radical (unpaired) electrons. The second kappa shape index (κ2) is 8.08. The van der Waals surface area contributed by atoms with E-state index < -0.39 is 5.97 Å². The Labute approximate surface area is 136 Å². The van der Waals surface area contributed by atoms with E-state index in [0.717, 1.165) is 28.2 Å². The van der Waals surface area contributed by atoms with Gasteiger partial charge in [0.25, 0.3) is 0 Å². The monoisotopic (exact) mass is 310 g/mol. The molecule has 1 N–H and O–H groups in total. The minimum atomic E-state index is -1.05. The number of benzene rings is 1. The summed E-state index contributed by atoms with van der Waals surface area (Å²) in [6.45, 7) is 4.03. The molecule has 23 heavy (non-hydrogen) atoms. The number of carbonyl (C=O) groups is 1. The van der Waals surface area contributed by atoms with Gasteiger partial charge in [0, 0.05) is 12.2 Å². The number of nitrogens with zero attached hydrogens (tertiary/aromatic N) is 2. The lowest BCUT2D eigenvalue weighted by atomic mass is 10.1. The minimum Gasteiger partial charge on any atom is -0.550 e. The molecule has 0 saturated heterocycles. The zero-order valence-corrected chi connectivity index (χ0v) is 13.4. The third kappa shape index (κ3) is 5.21. The average Bonchev–Trinajstić information content (AvgIpc) is 2.54. The van der Waals surface area contributed by atoms with E-state index in [4.69, 9.17) is 0 Å². The maximum atomic E-state index is 10.6. The van der Waals surface area contributed by atoms with Crippen molar-refractivity contribution in [2.24, 2.45) is 5.10 Å². The van der Waals surface area contributed by atoms with Gasteiger partial charge in [-0.15, -0.1) is 0 Å². The number of aromatic nitrogens is 1. The van der Waals surface area contributed by atoms with Gasteiger partial charge >= 0.3 is 0 Å². The molecule has 0 spiro atoms. The zero-order chi connectivity index (χ0) is 16.7. The maximum absolute atomic E-state index is 10.6. The van der Waals surface area contributed by atoms with Gasteiger partial charge in [-0.2, -0.15) is 5.10 Å². The van der Waals surface area contributed by atoms with Crippen molar-refractivity contribution in [3.05, 3.63) is 59.4 Å². The smallest absolute Gasteiger partial charge is 0.0863 e. The number of hydrogen-bond donors (Lipinski definition) is 1. The van der Waals surface area contributed by atoms with Gasteiger partial charge in [0.05, 0.1) is 17.1 Å². The third-order valence-corrected chi connectivity index (χ3v) is 3.46. The van der Waals surface area contributed by atoms with Crippen LogP contribution >= 0.6 is 0 Å². The predicted molar refractivity (Wildman–Crippen MR) is 89.2 cm³/mol. The van der Waals surface area contributed by atoms with Crippen molar-refractivity contribution in [2.75, 3.05) is 5.43 Å². The van der Waals surface area contributed by atoms with Crippen LogP contribution in [0.25, 0.3) is 0 Å². The molecule has 5 heteroatoms. The topological polar surface area (TPSA) is 77.4 Å². The lowest BCUT2D eigenvalue weighted by Crippen LogP contribution is -2.22. The van der Waals surface area contributed by atoms with Crippen molar-refractivity contribution in [1.82, 2.24) is 4.98 Å². The summed E-state index contributed by atoms with van der Waals surface area (Å²) in [6, 6.07) is 11.7. The summed E-state index contributed by atoms with van der Waals surface area (Å²) in [5.74, 6) is -1.05. The molecule has 0 aliphatic heterocycles. The van der Waals surface area contributed by atoms with Crippen LogP contribution < -0.4 is 10.5 Å². The van der Waals surface area contributed by atoms with Crippen LogP contribution in [-0.2, 0) is 4.79 Å². The SMILES string of the molecule is Cc1ccc(C)c(NN=C(CCCC(=O)[O-])c2ccccn2)c1. The number of hydrogen-bond acceptors (Lipinski definition) is 5. The molecule has 0 atom stereocenters. The summed E-state index contributed by atoms with van der Waals surface area (Å²) in [6.07, 6.45) is 2.69. The van der Waals surface area contributed by atoms with E-state index >= 15 is 0 Å². The quantitative estimate of drug-likeness (QED) is 0.629. The molecule has 120 valence electrons. The Morgan fingerprint density at radius 3 is 2.74 bits per heavy atom. The molecular weight excluding hydrogens is 290 g/mol. The van der Waals surface area contributed by atoms with Crippen LogP contribution in [0.1, 0.15) is 36.1 Å². The molecule has 0 saturated carbocycles. The van der Waals surface area contributed by atoms with Crippen LogP contribution in [0.5, 0.6) is 0 Å². The fourth-order valence-electron chi connectivity index (χ4n) is 2.16. The van der Waals surface area contributed by atoms with Gasteiger partial charge in [-0.1, -0.05) is 18.2 Å². The standard InChI is InChI=1S/C18H21N3O2/c1-13-9-10-14(2)17(12-13)21-20-16(7-5-8-18(22)23)15-6-3-4-11-19-15/h3-4,6,9-12,21H,5,7-8H2,1-2H3,(H,22,23)/p-1.